The lowest BCUT2D eigenvalue weighted by atomic mass is 9.99. The molecule has 1 aliphatic rings. The van der Waals surface area contributed by atoms with E-state index in [-0.39, 0.29) is 29.9 Å². The Morgan fingerprint density at radius 3 is 2.58 bits per heavy atom. The van der Waals surface area contributed by atoms with E-state index in [1.165, 1.54) is 11.1 Å². The number of nitrogens with zero attached hydrogens (tertiary/aromatic N) is 3. The number of halogens is 1. The van der Waals surface area contributed by atoms with Crippen molar-refractivity contribution in [1.82, 2.24) is 15.1 Å². The fourth-order valence-corrected chi connectivity index (χ4v) is 3.61. The van der Waals surface area contributed by atoms with Gasteiger partial charge in [0.2, 0.25) is 5.91 Å². The Labute approximate surface area is 202 Å². The maximum absolute atomic E-state index is 12.6. The molecule has 7 heteroatoms. The molecule has 0 saturated heterocycles. The molecule has 1 aliphatic heterocycles. The highest BCUT2D eigenvalue weighted by Crippen LogP contribution is 2.19. The molecule has 0 unspecified atom stereocenters. The summed E-state index contributed by atoms with van der Waals surface area (Å²) in [7, 11) is 3.76. The van der Waals surface area contributed by atoms with Gasteiger partial charge in [0.1, 0.15) is 12.4 Å². The monoisotopic (exact) mass is 536 g/mol. The van der Waals surface area contributed by atoms with Crippen molar-refractivity contribution in [1.29, 1.82) is 0 Å². The highest BCUT2D eigenvalue weighted by atomic mass is 127. The van der Waals surface area contributed by atoms with Gasteiger partial charge >= 0.3 is 0 Å². The maximum Gasteiger partial charge on any atom is 0.222 e. The number of carbonyl (C=O) groups is 1. The van der Waals surface area contributed by atoms with Gasteiger partial charge in [-0.15, -0.1) is 24.0 Å². The van der Waals surface area contributed by atoms with Crippen LogP contribution in [0.4, 0.5) is 0 Å². The molecule has 6 nitrogen and oxygen atoms in total. The number of carbonyl (C=O) groups excluding carboxylic acids is 1. The number of rotatable bonds is 8. The highest BCUT2D eigenvalue weighted by Gasteiger charge is 2.19. The third kappa shape index (κ3) is 7.72. The number of nitrogens with one attached hydrogen (secondary N) is 1. The summed E-state index contributed by atoms with van der Waals surface area (Å²) in [5.41, 5.74) is 2.64. The number of amides is 1. The van der Waals surface area contributed by atoms with Crippen LogP contribution in [-0.4, -0.2) is 62.0 Å². The molecule has 0 radical (unpaired) electrons. The molecule has 0 fully saturated rings. The van der Waals surface area contributed by atoms with Gasteiger partial charge in [0.25, 0.3) is 0 Å². The normalized spacial score (nSPS) is 13.1. The summed E-state index contributed by atoms with van der Waals surface area (Å²) >= 11 is 0. The molecule has 2 aromatic rings. The second-order valence-corrected chi connectivity index (χ2v) is 7.49. The third-order valence-electron chi connectivity index (χ3n) is 5.35. The number of hydrogen-bond donors (Lipinski definition) is 1. The minimum Gasteiger partial charge on any atom is -0.492 e. The van der Waals surface area contributed by atoms with E-state index in [2.05, 4.69) is 28.5 Å². The van der Waals surface area contributed by atoms with Crippen LogP contribution in [-0.2, 0) is 17.8 Å². The van der Waals surface area contributed by atoms with Crippen LogP contribution in [0.15, 0.2) is 59.6 Å². The zero-order valence-electron chi connectivity index (χ0n) is 18.4. The first-order valence-electron chi connectivity index (χ1n) is 10.6. The van der Waals surface area contributed by atoms with Gasteiger partial charge in [-0.05, 0) is 36.1 Å². The SMILES string of the molecule is CN=C(NCCCC(=O)N1CCc2ccccc2C1)N(C)CCOc1ccccc1.I. The molecular weight excluding hydrogens is 503 g/mol. The van der Waals surface area contributed by atoms with Crippen molar-refractivity contribution in [3.63, 3.8) is 0 Å². The van der Waals surface area contributed by atoms with Gasteiger partial charge in [0.15, 0.2) is 5.96 Å². The number of ether oxygens (including phenoxy) is 1. The van der Waals surface area contributed by atoms with E-state index in [9.17, 15) is 4.79 Å². The Morgan fingerprint density at radius 2 is 1.84 bits per heavy atom. The molecule has 0 bridgehead atoms. The number of fused-ring (bicyclic) bond motifs is 1. The lowest BCUT2D eigenvalue weighted by Crippen LogP contribution is -2.41. The van der Waals surface area contributed by atoms with E-state index in [1.807, 2.05) is 53.2 Å². The molecule has 1 heterocycles. The molecule has 1 amide bonds. The van der Waals surface area contributed by atoms with Crippen molar-refractivity contribution in [3.8, 4) is 5.75 Å². The summed E-state index contributed by atoms with van der Waals surface area (Å²) in [6.45, 7) is 3.56. The van der Waals surface area contributed by atoms with Crippen LogP contribution < -0.4 is 10.1 Å². The van der Waals surface area contributed by atoms with Crippen molar-refractivity contribution < 1.29 is 9.53 Å². The summed E-state index contributed by atoms with van der Waals surface area (Å²) in [5, 5.41) is 3.34. The molecule has 3 rings (SSSR count). The number of para-hydroxylation sites is 1. The van der Waals surface area contributed by atoms with Crippen molar-refractivity contribution in [3.05, 3.63) is 65.7 Å². The summed E-state index contributed by atoms with van der Waals surface area (Å²) in [6.07, 6.45) is 2.28. The Balaban J connectivity index is 0.00000341. The molecule has 0 aromatic heterocycles. The van der Waals surface area contributed by atoms with Crippen LogP contribution >= 0.6 is 24.0 Å². The van der Waals surface area contributed by atoms with E-state index < -0.39 is 0 Å². The fraction of sp³-hybridized carbons (Fsp3) is 0.417. The van der Waals surface area contributed by atoms with E-state index in [0.717, 1.165) is 44.2 Å². The smallest absolute Gasteiger partial charge is 0.222 e. The summed E-state index contributed by atoms with van der Waals surface area (Å²) < 4.78 is 5.75. The van der Waals surface area contributed by atoms with Gasteiger partial charge in [-0.2, -0.15) is 0 Å². The van der Waals surface area contributed by atoms with E-state index in [4.69, 9.17) is 4.74 Å². The second kappa shape index (κ2) is 13.2. The highest BCUT2D eigenvalue weighted by molar-refractivity contribution is 14.0. The van der Waals surface area contributed by atoms with Gasteiger partial charge < -0.3 is 19.9 Å². The van der Waals surface area contributed by atoms with Crippen LogP contribution in [0.2, 0.25) is 0 Å². The Bertz CT molecular complexity index is 844. The van der Waals surface area contributed by atoms with E-state index >= 15 is 0 Å². The van der Waals surface area contributed by atoms with E-state index in [1.54, 1.807) is 7.05 Å². The molecule has 0 saturated carbocycles. The largest absolute Gasteiger partial charge is 0.492 e. The van der Waals surface area contributed by atoms with Gasteiger partial charge in [-0.25, -0.2) is 0 Å². The van der Waals surface area contributed by atoms with Crippen molar-refractivity contribution in [2.45, 2.75) is 25.8 Å². The van der Waals surface area contributed by atoms with Crippen molar-refractivity contribution in [2.75, 3.05) is 40.3 Å². The van der Waals surface area contributed by atoms with Crippen LogP contribution in [0, 0.1) is 0 Å². The number of guanidine groups is 1. The maximum atomic E-state index is 12.6. The summed E-state index contributed by atoms with van der Waals surface area (Å²) in [6, 6.07) is 18.2. The van der Waals surface area contributed by atoms with Crippen LogP contribution in [0.1, 0.15) is 24.0 Å². The standard InChI is InChI=1S/C24H32N4O2.HI/c1-25-24(27(2)17-18-30-22-11-4-3-5-12-22)26-15-8-13-23(29)28-16-14-20-9-6-7-10-21(20)19-28;/h3-7,9-12H,8,13-19H2,1-2H3,(H,25,26);1H. The fourth-order valence-electron chi connectivity index (χ4n) is 3.61. The Hall–Kier alpha value is -2.29. The second-order valence-electron chi connectivity index (χ2n) is 7.49. The average molecular weight is 536 g/mol. The molecule has 1 N–H and O–H groups in total. The number of benzene rings is 2. The molecule has 0 atom stereocenters. The zero-order chi connectivity index (χ0) is 21.2. The lowest BCUT2D eigenvalue weighted by Gasteiger charge is -2.29. The molecular formula is C24H33IN4O2. The van der Waals surface area contributed by atoms with Crippen LogP contribution in [0.3, 0.4) is 0 Å². The van der Waals surface area contributed by atoms with Crippen molar-refractivity contribution in [2.24, 2.45) is 4.99 Å². The summed E-state index contributed by atoms with van der Waals surface area (Å²) in [5.74, 6) is 1.91. The number of likely N-dealkylation sites (N-methyl/N-ethyl adjacent to an activating group) is 1. The first kappa shape index (κ1) is 25.0. The molecule has 0 aliphatic carbocycles. The molecule has 2 aromatic carbocycles. The van der Waals surface area contributed by atoms with Gasteiger partial charge in [0, 0.05) is 40.2 Å². The minimum absolute atomic E-state index is 0. The zero-order valence-corrected chi connectivity index (χ0v) is 20.7. The summed E-state index contributed by atoms with van der Waals surface area (Å²) in [4.78, 5) is 20.9. The first-order chi connectivity index (χ1) is 14.7. The quantitative estimate of drug-likeness (QED) is 0.243. The topological polar surface area (TPSA) is 57.2 Å². The lowest BCUT2D eigenvalue weighted by molar-refractivity contribution is -0.132. The van der Waals surface area contributed by atoms with Crippen LogP contribution in [0.5, 0.6) is 5.75 Å². The van der Waals surface area contributed by atoms with Crippen molar-refractivity contribution >= 4 is 35.8 Å². The predicted molar refractivity (Wildman–Crippen MR) is 136 cm³/mol. The number of aliphatic imine (C=N–C) groups is 1. The third-order valence-corrected chi connectivity index (χ3v) is 5.35. The minimum atomic E-state index is 0. The van der Waals surface area contributed by atoms with Crippen LogP contribution in [0.25, 0.3) is 0 Å². The van der Waals surface area contributed by atoms with Gasteiger partial charge in [-0.1, -0.05) is 42.5 Å². The van der Waals surface area contributed by atoms with Gasteiger partial charge in [-0.3, -0.25) is 9.79 Å². The van der Waals surface area contributed by atoms with Gasteiger partial charge in [0.05, 0.1) is 6.54 Å². The molecule has 168 valence electrons. The number of hydrogen-bond acceptors (Lipinski definition) is 3. The predicted octanol–water partition coefficient (Wildman–Crippen LogP) is 3.56. The first-order valence-corrected chi connectivity index (χ1v) is 10.6. The molecule has 0 spiro atoms. The average Bonchev–Trinajstić information content (AvgIpc) is 2.79. The Kier molecular flexibility index (Phi) is 10.6. The Morgan fingerprint density at radius 1 is 1.13 bits per heavy atom. The molecule has 31 heavy (non-hydrogen) atoms. The van der Waals surface area contributed by atoms with E-state index in [0.29, 0.717) is 19.6 Å².